The van der Waals surface area contributed by atoms with E-state index in [1.165, 1.54) is 23.5 Å². The van der Waals surface area contributed by atoms with Crippen molar-refractivity contribution in [3.8, 4) is 0 Å². The molecule has 9 heteroatoms. The molecule has 218 valence electrons. The molecule has 0 heterocycles. The minimum absolute atomic E-state index is 0.0534. The van der Waals surface area contributed by atoms with Gasteiger partial charge in [-0.3, -0.25) is 9.59 Å². The number of amides is 2. The molecule has 3 aromatic rings. The quantitative estimate of drug-likeness (QED) is 0.311. The standard InChI is InChI=1S/C32H38FN3O4S/c1-35(41(39,40)29-15-6-3-7-16-29)22-10-17-31(37)36(24-26-18-20-27(33)21-19-26)30(23-25-11-4-2-5-12-25)32(38)34-28-13-8-9-14-28/h2-7,11-12,15-16,18-21,28,30H,8-10,13-14,17,22-24H2,1H3,(H,34,38)/t30-/m0/s1. The van der Waals surface area contributed by atoms with Crippen molar-refractivity contribution < 1.29 is 22.4 Å². The van der Waals surface area contributed by atoms with E-state index >= 15 is 0 Å². The van der Waals surface area contributed by atoms with Crippen LogP contribution in [0.5, 0.6) is 0 Å². The lowest BCUT2D eigenvalue weighted by atomic mass is 10.0. The molecule has 1 atom stereocenters. The van der Waals surface area contributed by atoms with Gasteiger partial charge in [-0.05, 0) is 54.7 Å². The van der Waals surface area contributed by atoms with E-state index in [0.29, 0.717) is 12.0 Å². The summed E-state index contributed by atoms with van der Waals surface area (Å²) in [5.74, 6) is -0.851. The molecule has 0 aromatic heterocycles. The molecule has 1 N–H and O–H groups in total. The zero-order chi connectivity index (χ0) is 29.2. The Kier molecular flexibility index (Phi) is 10.7. The number of nitrogens with zero attached hydrogens (tertiary/aromatic N) is 2. The lowest BCUT2D eigenvalue weighted by Crippen LogP contribution is -2.52. The molecule has 41 heavy (non-hydrogen) atoms. The smallest absolute Gasteiger partial charge is 0.243 e. The molecule has 2 amide bonds. The molecule has 0 radical (unpaired) electrons. The fourth-order valence-electron chi connectivity index (χ4n) is 5.20. The molecule has 1 saturated carbocycles. The van der Waals surface area contributed by atoms with Crippen LogP contribution in [0.4, 0.5) is 4.39 Å². The Balaban J connectivity index is 1.53. The topological polar surface area (TPSA) is 86.8 Å². The first-order valence-electron chi connectivity index (χ1n) is 14.1. The first-order valence-corrected chi connectivity index (χ1v) is 15.6. The number of hydrogen-bond donors (Lipinski definition) is 1. The highest BCUT2D eigenvalue weighted by Gasteiger charge is 2.32. The summed E-state index contributed by atoms with van der Waals surface area (Å²) in [6.45, 7) is 0.276. The molecular weight excluding hydrogens is 541 g/mol. The summed E-state index contributed by atoms with van der Waals surface area (Å²) in [5.41, 5.74) is 1.62. The summed E-state index contributed by atoms with van der Waals surface area (Å²) in [7, 11) is -2.19. The summed E-state index contributed by atoms with van der Waals surface area (Å²) in [6, 6.07) is 22.9. The van der Waals surface area contributed by atoms with Crippen LogP contribution in [0.2, 0.25) is 0 Å². The van der Waals surface area contributed by atoms with Crippen molar-refractivity contribution in [2.24, 2.45) is 0 Å². The van der Waals surface area contributed by atoms with Gasteiger partial charge in [0.1, 0.15) is 11.9 Å². The molecule has 0 aliphatic heterocycles. The largest absolute Gasteiger partial charge is 0.352 e. The highest BCUT2D eigenvalue weighted by Crippen LogP contribution is 2.21. The van der Waals surface area contributed by atoms with Gasteiger partial charge in [0.15, 0.2) is 0 Å². The van der Waals surface area contributed by atoms with Gasteiger partial charge >= 0.3 is 0 Å². The van der Waals surface area contributed by atoms with Crippen LogP contribution in [-0.2, 0) is 32.6 Å². The molecule has 0 saturated heterocycles. The number of halogens is 1. The third-order valence-corrected chi connectivity index (χ3v) is 9.42. The number of nitrogens with one attached hydrogen (secondary N) is 1. The summed E-state index contributed by atoms with van der Waals surface area (Å²) in [6.07, 6.45) is 4.61. The molecule has 1 fully saturated rings. The van der Waals surface area contributed by atoms with Gasteiger partial charge in [-0.1, -0.05) is 73.5 Å². The van der Waals surface area contributed by atoms with E-state index in [9.17, 15) is 22.4 Å². The van der Waals surface area contributed by atoms with Gasteiger partial charge < -0.3 is 10.2 Å². The van der Waals surface area contributed by atoms with Gasteiger partial charge in [-0.15, -0.1) is 0 Å². The van der Waals surface area contributed by atoms with E-state index in [0.717, 1.165) is 31.2 Å². The predicted molar refractivity (Wildman–Crippen MR) is 157 cm³/mol. The second-order valence-electron chi connectivity index (χ2n) is 10.6. The highest BCUT2D eigenvalue weighted by molar-refractivity contribution is 7.89. The van der Waals surface area contributed by atoms with Crippen LogP contribution in [-0.4, -0.2) is 55.1 Å². The summed E-state index contributed by atoms with van der Waals surface area (Å²) < 4.78 is 40.7. The van der Waals surface area contributed by atoms with Crippen molar-refractivity contribution in [3.05, 3.63) is 102 Å². The van der Waals surface area contributed by atoms with Crippen LogP contribution >= 0.6 is 0 Å². The van der Waals surface area contributed by atoms with E-state index in [-0.39, 0.29) is 54.5 Å². The summed E-state index contributed by atoms with van der Waals surface area (Å²) >= 11 is 0. The van der Waals surface area contributed by atoms with Crippen molar-refractivity contribution in [2.45, 2.75) is 68.5 Å². The van der Waals surface area contributed by atoms with Crippen molar-refractivity contribution in [2.75, 3.05) is 13.6 Å². The van der Waals surface area contributed by atoms with Crippen molar-refractivity contribution in [1.82, 2.24) is 14.5 Å². The number of rotatable bonds is 13. The average Bonchev–Trinajstić information content (AvgIpc) is 3.49. The number of carbonyl (C=O) groups is 2. The highest BCUT2D eigenvalue weighted by atomic mass is 32.2. The SMILES string of the molecule is CN(CCCC(=O)N(Cc1ccc(F)cc1)[C@@H](Cc1ccccc1)C(=O)NC1CCCC1)S(=O)(=O)c1ccccc1. The first-order chi connectivity index (χ1) is 19.7. The lowest BCUT2D eigenvalue weighted by Gasteiger charge is -2.32. The Morgan fingerprint density at radius 3 is 2.15 bits per heavy atom. The molecule has 4 rings (SSSR count). The average molecular weight is 580 g/mol. The van der Waals surface area contributed by atoms with E-state index < -0.39 is 16.1 Å². The van der Waals surface area contributed by atoms with Gasteiger partial charge in [0.25, 0.3) is 0 Å². The van der Waals surface area contributed by atoms with Gasteiger partial charge in [-0.2, -0.15) is 0 Å². The van der Waals surface area contributed by atoms with Crippen molar-refractivity contribution in [1.29, 1.82) is 0 Å². The predicted octanol–water partition coefficient (Wildman–Crippen LogP) is 4.93. The fourth-order valence-corrected chi connectivity index (χ4v) is 6.43. The molecule has 0 unspecified atom stereocenters. The maximum Gasteiger partial charge on any atom is 0.243 e. The van der Waals surface area contributed by atoms with Gasteiger partial charge in [0.2, 0.25) is 21.8 Å². The minimum Gasteiger partial charge on any atom is -0.352 e. The Morgan fingerprint density at radius 2 is 1.51 bits per heavy atom. The maximum atomic E-state index is 13.8. The molecular formula is C32H38FN3O4S. The second kappa shape index (κ2) is 14.4. The second-order valence-corrected chi connectivity index (χ2v) is 12.6. The molecule has 0 bridgehead atoms. The van der Waals surface area contributed by atoms with E-state index in [4.69, 9.17) is 0 Å². The molecule has 1 aliphatic carbocycles. The zero-order valence-electron chi connectivity index (χ0n) is 23.4. The third kappa shape index (κ3) is 8.47. The van der Waals surface area contributed by atoms with Crippen molar-refractivity contribution in [3.63, 3.8) is 0 Å². The van der Waals surface area contributed by atoms with Gasteiger partial charge in [0.05, 0.1) is 4.90 Å². The Morgan fingerprint density at radius 1 is 0.902 bits per heavy atom. The molecule has 1 aliphatic rings. The van der Waals surface area contributed by atoms with Crippen LogP contribution in [0.25, 0.3) is 0 Å². The molecule has 3 aromatic carbocycles. The van der Waals surface area contributed by atoms with Crippen LogP contribution < -0.4 is 5.32 Å². The van der Waals surface area contributed by atoms with E-state index in [1.54, 1.807) is 47.4 Å². The van der Waals surface area contributed by atoms with Crippen molar-refractivity contribution >= 4 is 21.8 Å². The van der Waals surface area contributed by atoms with Crippen LogP contribution in [0.3, 0.4) is 0 Å². The number of hydrogen-bond acceptors (Lipinski definition) is 4. The molecule has 0 spiro atoms. The van der Waals surface area contributed by atoms with Gasteiger partial charge in [-0.25, -0.2) is 17.1 Å². The van der Waals surface area contributed by atoms with E-state index in [1.807, 2.05) is 30.3 Å². The summed E-state index contributed by atoms with van der Waals surface area (Å²) in [4.78, 5) is 29.3. The van der Waals surface area contributed by atoms with Gasteiger partial charge in [0, 0.05) is 39.0 Å². The fraction of sp³-hybridized carbons (Fsp3) is 0.375. The van der Waals surface area contributed by atoms with Crippen LogP contribution in [0.1, 0.15) is 49.7 Å². The zero-order valence-corrected chi connectivity index (χ0v) is 24.2. The Labute approximate surface area is 242 Å². The first kappa shape index (κ1) is 30.4. The Bertz CT molecular complexity index is 1380. The normalized spacial score (nSPS) is 14.6. The number of carbonyl (C=O) groups excluding carboxylic acids is 2. The Hall–Kier alpha value is -3.56. The summed E-state index contributed by atoms with van der Waals surface area (Å²) in [5, 5.41) is 3.16. The molecule has 7 nitrogen and oxygen atoms in total. The maximum absolute atomic E-state index is 13.8. The third-order valence-electron chi connectivity index (χ3n) is 7.55. The number of sulfonamides is 1. The lowest BCUT2D eigenvalue weighted by molar-refractivity contribution is -0.141. The van der Waals surface area contributed by atoms with Crippen LogP contribution in [0, 0.1) is 5.82 Å². The van der Waals surface area contributed by atoms with E-state index in [2.05, 4.69) is 5.32 Å². The minimum atomic E-state index is -3.68. The monoisotopic (exact) mass is 579 g/mol. The van der Waals surface area contributed by atoms with Crippen LogP contribution in [0.15, 0.2) is 89.8 Å². The number of benzene rings is 3.